The molecule has 0 amide bonds. The van der Waals surface area contributed by atoms with Gasteiger partial charge in [0, 0.05) is 42.6 Å². The number of halogens is 2. The number of anilines is 1. The van der Waals surface area contributed by atoms with Gasteiger partial charge >= 0.3 is 0 Å². The molecule has 3 rings (SSSR count). The highest BCUT2D eigenvalue weighted by atomic mass is 35.5. The van der Waals surface area contributed by atoms with Gasteiger partial charge in [-0.15, -0.1) is 11.3 Å². The summed E-state index contributed by atoms with van der Waals surface area (Å²) in [6, 6.07) is 9.66. The van der Waals surface area contributed by atoms with E-state index in [1.165, 1.54) is 4.88 Å². The Morgan fingerprint density at radius 3 is 2.61 bits per heavy atom. The molecule has 122 valence electrons. The van der Waals surface area contributed by atoms with E-state index in [9.17, 15) is 0 Å². The molecule has 0 atom stereocenters. The second-order valence-electron chi connectivity index (χ2n) is 5.40. The Labute approximate surface area is 155 Å². The summed E-state index contributed by atoms with van der Waals surface area (Å²) >= 11 is 19.4. The summed E-state index contributed by atoms with van der Waals surface area (Å²) in [5, 5.41) is 7.26. The average Bonchev–Trinajstić information content (AvgIpc) is 3.04. The molecule has 2 aromatic rings. The van der Waals surface area contributed by atoms with Gasteiger partial charge in [0.1, 0.15) is 0 Å². The van der Waals surface area contributed by atoms with E-state index in [1.807, 2.05) is 17.4 Å². The largest absolute Gasteiger partial charge is 0.346 e. The van der Waals surface area contributed by atoms with Gasteiger partial charge in [0.15, 0.2) is 5.11 Å². The fraction of sp³-hybridized carbons (Fsp3) is 0.312. The van der Waals surface area contributed by atoms with Gasteiger partial charge in [0.05, 0.1) is 10.7 Å². The molecule has 2 heterocycles. The summed E-state index contributed by atoms with van der Waals surface area (Å²) in [4.78, 5) is 6.05. The molecule has 1 saturated heterocycles. The zero-order chi connectivity index (χ0) is 16.2. The third-order valence-corrected chi connectivity index (χ3v) is 5.56. The number of thiophene rings is 1. The number of piperazine rings is 1. The summed E-state index contributed by atoms with van der Waals surface area (Å²) in [7, 11) is 0. The Morgan fingerprint density at radius 2 is 1.96 bits per heavy atom. The summed E-state index contributed by atoms with van der Waals surface area (Å²) < 4.78 is 0. The molecule has 1 aromatic heterocycles. The molecular weight excluding hydrogens is 369 g/mol. The van der Waals surface area contributed by atoms with Crippen LogP contribution in [0.25, 0.3) is 0 Å². The zero-order valence-corrected chi connectivity index (χ0v) is 15.6. The molecule has 1 fully saturated rings. The van der Waals surface area contributed by atoms with E-state index in [1.54, 1.807) is 12.1 Å². The molecule has 0 saturated carbocycles. The van der Waals surface area contributed by atoms with Crippen LogP contribution in [-0.4, -0.2) is 41.1 Å². The van der Waals surface area contributed by atoms with Crippen molar-refractivity contribution in [3.63, 3.8) is 0 Å². The zero-order valence-electron chi connectivity index (χ0n) is 12.5. The minimum absolute atomic E-state index is 0.580. The number of nitrogens with one attached hydrogen (secondary N) is 1. The number of rotatable bonds is 3. The first-order valence-electron chi connectivity index (χ1n) is 7.37. The first-order chi connectivity index (χ1) is 11.1. The van der Waals surface area contributed by atoms with E-state index in [2.05, 4.69) is 32.6 Å². The molecule has 1 N–H and O–H groups in total. The minimum atomic E-state index is 0.580. The molecule has 3 nitrogen and oxygen atoms in total. The lowest BCUT2D eigenvalue weighted by Crippen LogP contribution is -2.49. The van der Waals surface area contributed by atoms with Crippen molar-refractivity contribution >= 4 is 57.6 Å². The molecule has 0 radical (unpaired) electrons. The van der Waals surface area contributed by atoms with Crippen LogP contribution in [0.3, 0.4) is 0 Å². The second kappa shape index (κ2) is 7.81. The standard InChI is InChI=1S/C16H17Cl2N3S2/c17-12-3-4-15(14(18)10-12)19-16(22)21-7-5-20(6-8-21)11-13-2-1-9-23-13/h1-4,9-10H,5-8,11H2,(H,19,22). The quantitative estimate of drug-likeness (QED) is 0.779. The smallest absolute Gasteiger partial charge is 0.173 e. The predicted octanol–water partition coefficient (Wildman–Crippen LogP) is 4.57. The fourth-order valence-electron chi connectivity index (χ4n) is 2.52. The maximum absolute atomic E-state index is 6.18. The van der Waals surface area contributed by atoms with Gasteiger partial charge in [0.2, 0.25) is 0 Å². The molecule has 0 aliphatic carbocycles. The summed E-state index contributed by atoms with van der Waals surface area (Å²) in [5.41, 5.74) is 0.794. The SMILES string of the molecule is S=C(Nc1ccc(Cl)cc1Cl)N1CCN(Cc2cccs2)CC1. The first-order valence-corrected chi connectivity index (χ1v) is 9.42. The van der Waals surface area contributed by atoms with E-state index in [4.69, 9.17) is 35.4 Å². The summed E-state index contributed by atoms with van der Waals surface area (Å²) in [6.07, 6.45) is 0. The molecule has 1 aromatic carbocycles. The predicted molar refractivity (Wildman–Crippen MR) is 104 cm³/mol. The van der Waals surface area contributed by atoms with Crippen molar-refractivity contribution in [2.24, 2.45) is 0 Å². The van der Waals surface area contributed by atoms with Crippen LogP contribution in [0.4, 0.5) is 5.69 Å². The molecule has 0 spiro atoms. The lowest BCUT2D eigenvalue weighted by molar-refractivity contribution is 0.178. The molecule has 7 heteroatoms. The molecule has 0 bridgehead atoms. The summed E-state index contributed by atoms with van der Waals surface area (Å²) in [5.74, 6) is 0. The average molecular weight is 386 g/mol. The van der Waals surface area contributed by atoms with Gasteiger partial charge in [-0.1, -0.05) is 29.3 Å². The number of benzene rings is 1. The Balaban J connectivity index is 1.51. The van der Waals surface area contributed by atoms with Gasteiger partial charge < -0.3 is 10.2 Å². The van der Waals surface area contributed by atoms with Crippen molar-refractivity contribution in [1.82, 2.24) is 9.80 Å². The van der Waals surface area contributed by atoms with E-state index in [0.717, 1.165) is 38.4 Å². The van der Waals surface area contributed by atoms with Crippen LogP contribution in [0.15, 0.2) is 35.7 Å². The Kier molecular flexibility index (Phi) is 5.77. The number of thiocarbonyl (C=S) groups is 1. The monoisotopic (exact) mass is 385 g/mol. The lowest BCUT2D eigenvalue weighted by Gasteiger charge is -2.36. The maximum Gasteiger partial charge on any atom is 0.173 e. The third-order valence-electron chi connectivity index (χ3n) is 3.79. The fourth-order valence-corrected chi connectivity index (χ4v) is 4.01. The Morgan fingerprint density at radius 1 is 1.17 bits per heavy atom. The van der Waals surface area contributed by atoms with Crippen LogP contribution >= 0.6 is 46.8 Å². The van der Waals surface area contributed by atoms with Crippen molar-refractivity contribution in [2.45, 2.75) is 6.54 Å². The molecule has 1 aliphatic heterocycles. The lowest BCUT2D eigenvalue weighted by atomic mass is 10.3. The minimum Gasteiger partial charge on any atom is -0.346 e. The Bertz CT molecular complexity index is 668. The van der Waals surface area contributed by atoms with Gasteiger partial charge in [-0.25, -0.2) is 0 Å². The van der Waals surface area contributed by atoms with Gasteiger partial charge in [-0.2, -0.15) is 0 Å². The first kappa shape index (κ1) is 17.0. The van der Waals surface area contributed by atoms with Crippen molar-refractivity contribution in [1.29, 1.82) is 0 Å². The highest BCUT2D eigenvalue weighted by molar-refractivity contribution is 7.80. The number of hydrogen-bond donors (Lipinski definition) is 1. The maximum atomic E-state index is 6.18. The number of nitrogens with zero attached hydrogens (tertiary/aromatic N) is 2. The van der Waals surface area contributed by atoms with Crippen LogP contribution in [-0.2, 0) is 6.54 Å². The topological polar surface area (TPSA) is 18.5 Å². The highest BCUT2D eigenvalue weighted by Gasteiger charge is 2.19. The van der Waals surface area contributed by atoms with Crippen molar-refractivity contribution in [3.8, 4) is 0 Å². The van der Waals surface area contributed by atoms with Crippen LogP contribution < -0.4 is 5.32 Å². The van der Waals surface area contributed by atoms with Crippen molar-refractivity contribution in [3.05, 3.63) is 50.6 Å². The second-order valence-corrected chi connectivity index (χ2v) is 7.66. The third kappa shape index (κ3) is 4.58. The van der Waals surface area contributed by atoms with Gasteiger partial charge in [-0.05, 0) is 41.9 Å². The molecule has 23 heavy (non-hydrogen) atoms. The summed E-state index contributed by atoms with van der Waals surface area (Å²) in [6.45, 7) is 4.88. The molecule has 1 aliphatic rings. The van der Waals surface area contributed by atoms with Crippen molar-refractivity contribution < 1.29 is 0 Å². The van der Waals surface area contributed by atoms with E-state index < -0.39 is 0 Å². The van der Waals surface area contributed by atoms with Crippen molar-refractivity contribution in [2.75, 3.05) is 31.5 Å². The normalized spacial score (nSPS) is 15.7. The van der Waals surface area contributed by atoms with Crippen LogP contribution in [0.2, 0.25) is 10.0 Å². The Hall–Kier alpha value is -0.850. The highest BCUT2D eigenvalue weighted by Crippen LogP contribution is 2.25. The number of hydrogen-bond acceptors (Lipinski definition) is 3. The van der Waals surface area contributed by atoms with Crippen LogP contribution in [0.1, 0.15) is 4.88 Å². The van der Waals surface area contributed by atoms with E-state index >= 15 is 0 Å². The molecule has 0 unspecified atom stereocenters. The molecular formula is C16H17Cl2N3S2. The van der Waals surface area contributed by atoms with Crippen LogP contribution in [0, 0.1) is 0 Å². The van der Waals surface area contributed by atoms with E-state index in [-0.39, 0.29) is 0 Å². The van der Waals surface area contributed by atoms with Crippen LogP contribution in [0.5, 0.6) is 0 Å². The van der Waals surface area contributed by atoms with Gasteiger partial charge in [0.25, 0.3) is 0 Å². The van der Waals surface area contributed by atoms with E-state index in [0.29, 0.717) is 15.2 Å². The van der Waals surface area contributed by atoms with Gasteiger partial charge in [-0.3, -0.25) is 4.90 Å².